The fourth-order valence-electron chi connectivity index (χ4n) is 1.22. The molecule has 1 heterocycles. The van der Waals surface area contributed by atoms with Crippen molar-refractivity contribution in [2.45, 2.75) is 6.10 Å². The smallest absolute Gasteiger partial charge is 0.402 e. The van der Waals surface area contributed by atoms with Crippen LogP contribution in [0.15, 0.2) is 27.8 Å². The molecule has 1 unspecified atom stereocenters. The Balaban J connectivity index is 2.14. The van der Waals surface area contributed by atoms with Gasteiger partial charge in [-0.2, -0.15) is 0 Å². The average molecular weight is 284 g/mol. The highest BCUT2D eigenvalue weighted by Gasteiger charge is 2.26. The van der Waals surface area contributed by atoms with Crippen LogP contribution in [-0.2, 0) is 4.74 Å². The Kier molecular flexibility index (Phi) is 3.09. The van der Waals surface area contributed by atoms with E-state index in [0.717, 1.165) is 10.0 Å². The van der Waals surface area contributed by atoms with E-state index in [4.69, 9.17) is 15.0 Å². The van der Waals surface area contributed by atoms with Crippen molar-refractivity contribution in [1.82, 2.24) is 0 Å². The van der Waals surface area contributed by atoms with Gasteiger partial charge in [0.15, 0.2) is 0 Å². The quantitative estimate of drug-likeness (QED) is 0.361. The van der Waals surface area contributed by atoms with Crippen LogP contribution < -0.4 is 4.74 Å². The summed E-state index contributed by atoms with van der Waals surface area (Å²) in [4.78, 5) is 13.2. The molecule has 1 aliphatic heterocycles. The molecular weight excluding hydrogens is 278 g/mol. The third-order valence-corrected chi connectivity index (χ3v) is 2.67. The van der Waals surface area contributed by atoms with Crippen LogP contribution in [0.4, 0.5) is 4.79 Å². The van der Waals surface area contributed by atoms with E-state index in [1.807, 2.05) is 0 Å². The molecule has 1 amide bonds. The maximum Gasteiger partial charge on any atom is 0.402 e. The number of hydrogen-bond acceptors (Lipinski definition) is 3. The minimum atomic E-state index is -0.982. The first-order valence-electron chi connectivity index (χ1n) is 4.38. The van der Waals surface area contributed by atoms with Crippen LogP contribution in [0.25, 0.3) is 10.4 Å². The number of benzene rings is 1. The van der Waals surface area contributed by atoms with E-state index in [1.165, 1.54) is 0 Å². The molecule has 7 heteroatoms. The Morgan fingerprint density at radius 2 is 2.44 bits per heavy atom. The first kappa shape index (κ1) is 10.9. The predicted molar refractivity (Wildman–Crippen MR) is 58.0 cm³/mol. The molecule has 1 aromatic carbocycles. The Labute approximate surface area is 98.9 Å². The molecule has 82 valence electrons. The fraction of sp³-hybridized carbons (Fsp3) is 0.222. The minimum Gasteiger partial charge on any atom is -0.422 e. The summed E-state index contributed by atoms with van der Waals surface area (Å²) >= 11 is 3.34. The second-order valence-corrected chi connectivity index (χ2v) is 3.92. The van der Waals surface area contributed by atoms with Crippen LogP contribution in [0, 0.1) is 0 Å². The molecule has 0 radical (unpaired) electrons. The maximum absolute atomic E-state index is 10.9. The zero-order valence-corrected chi connectivity index (χ0v) is 9.55. The lowest BCUT2D eigenvalue weighted by Gasteiger charge is -2.04. The van der Waals surface area contributed by atoms with Gasteiger partial charge in [0.1, 0.15) is 11.9 Å². The SMILES string of the molecule is [N-]=[N+]=NC(=O)Oc1ccc(C2CO2)c(Br)c1. The molecule has 1 aromatic rings. The maximum atomic E-state index is 10.9. The van der Waals surface area contributed by atoms with Gasteiger partial charge in [-0.05, 0) is 23.2 Å². The van der Waals surface area contributed by atoms with Crippen molar-refractivity contribution in [3.05, 3.63) is 38.7 Å². The number of nitrogens with zero attached hydrogens (tertiary/aromatic N) is 3. The van der Waals surface area contributed by atoms with Crippen molar-refractivity contribution < 1.29 is 14.3 Å². The third-order valence-electron chi connectivity index (χ3n) is 1.98. The van der Waals surface area contributed by atoms with E-state index in [9.17, 15) is 4.79 Å². The van der Waals surface area contributed by atoms with Crippen molar-refractivity contribution in [1.29, 1.82) is 0 Å². The van der Waals surface area contributed by atoms with Gasteiger partial charge in [-0.1, -0.05) is 22.0 Å². The number of ether oxygens (including phenoxy) is 2. The summed E-state index contributed by atoms with van der Waals surface area (Å²) in [5.41, 5.74) is 9.03. The average Bonchev–Trinajstić information content (AvgIpc) is 3.01. The molecule has 0 saturated carbocycles. The van der Waals surface area contributed by atoms with Crippen molar-refractivity contribution in [2.24, 2.45) is 5.11 Å². The molecular formula is C9H6BrN3O3. The van der Waals surface area contributed by atoms with E-state index >= 15 is 0 Å². The first-order valence-corrected chi connectivity index (χ1v) is 5.18. The van der Waals surface area contributed by atoms with Crippen molar-refractivity contribution >= 4 is 22.0 Å². The van der Waals surface area contributed by atoms with E-state index in [0.29, 0.717) is 12.4 Å². The van der Waals surface area contributed by atoms with E-state index < -0.39 is 6.09 Å². The lowest BCUT2D eigenvalue weighted by atomic mass is 10.1. The fourth-order valence-corrected chi connectivity index (χ4v) is 1.83. The first-order chi connectivity index (χ1) is 7.70. The molecule has 1 fully saturated rings. The van der Waals surface area contributed by atoms with Crippen LogP contribution >= 0.6 is 15.9 Å². The zero-order valence-electron chi connectivity index (χ0n) is 7.96. The number of carbonyl (C=O) groups is 1. The monoisotopic (exact) mass is 283 g/mol. The normalized spacial score (nSPS) is 17.4. The Hall–Kier alpha value is -1.56. The second-order valence-electron chi connectivity index (χ2n) is 3.06. The number of hydrogen-bond donors (Lipinski definition) is 0. The number of rotatable bonds is 2. The third kappa shape index (κ3) is 2.52. The summed E-state index contributed by atoms with van der Waals surface area (Å²) in [7, 11) is 0. The van der Waals surface area contributed by atoms with E-state index in [-0.39, 0.29) is 6.10 Å². The summed E-state index contributed by atoms with van der Waals surface area (Å²) in [6, 6.07) is 5.04. The van der Waals surface area contributed by atoms with Gasteiger partial charge in [-0.25, -0.2) is 4.79 Å². The molecule has 0 N–H and O–H groups in total. The summed E-state index contributed by atoms with van der Waals surface area (Å²) in [5, 5.41) is 2.80. The number of epoxide rings is 1. The molecule has 0 aromatic heterocycles. The Bertz CT molecular complexity index is 481. The number of carbonyl (C=O) groups excluding carboxylic acids is 1. The standard InChI is InChI=1S/C9H6BrN3O3/c10-7-3-5(16-9(14)12-13-11)1-2-6(7)8-4-15-8/h1-3,8H,4H2. The number of amides is 1. The van der Waals surface area contributed by atoms with Gasteiger partial charge in [0.25, 0.3) is 0 Å². The van der Waals surface area contributed by atoms with Crippen LogP contribution in [-0.4, -0.2) is 12.7 Å². The summed E-state index contributed by atoms with van der Waals surface area (Å²) in [5.74, 6) is 0.314. The summed E-state index contributed by atoms with van der Waals surface area (Å²) in [6.45, 7) is 0.705. The van der Waals surface area contributed by atoms with Gasteiger partial charge in [0.2, 0.25) is 0 Å². The molecule has 1 atom stereocenters. The second kappa shape index (κ2) is 4.52. The van der Waals surface area contributed by atoms with Gasteiger partial charge in [-0.3, -0.25) is 0 Å². The summed E-state index contributed by atoms with van der Waals surface area (Å²) < 4.78 is 10.7. The van der Waals surface area contributed by atoms with Crippen LogP contribution in [0.2, 0.25) is 0 Å². The highest BCUT2D eigenvalue weighted by atomic mass is 79.9. The van der Waals surface area contributed by atoms with Gasteiger partial charge in [0.05, 0.1) is 6.61 Å². The summed E-state index contributed by atoms with van der Waals surface area (Å²) in [6.07, 6.45) is -0.860. The van der Waals surface area contributed by atoms with Crippen molar-refractivity contribution in [3.63, 3.8) is 0 Å². The number of halogens is 1. The molecule has 1 aliphatic rings. The molecule has 2 rings (SSSR count). The van der Waals surface area contributed by atoms with E-state index in [1.54, 1.807) is 18.2 Å². The molecule has 0 spiro atoms. The predicted octanol–water partition coefficient (Wildman–Crippen LogP) is 3.33. The van der Waals surface area contributed by atoms with Gasteiger partial charge < -0.3 is 9.47 Å². The highest BCUT2D eigenvalue weighted by Crippen LogP contribution is 2.36. The van der Waals surface area contributed by atoms with Crippen LogP contribution in [0.3, 0.4) is 0 Å². The van der Waals surface area contributed by atoms with E-state index in [2.05, 4.69) is 26.0 Å². The number of azide groups is 1. The van der Waals surface area contributed by atoms with Crippen LogP contribution in [0.1, 0.15) is 11.7 Å². The molecule has 0 aliphatic carbocycles. The van der Waals surface area contributed by atoms with Crippen molar-refractivity contribution in [2.75, 3.05) is 6.61 Å². The molecule has 16 heavy (non-hydrogen) atoms. The van der Waals surface area contributed by atoms with Gasteiger partial charge in [0, 0.05) is 14.5 Å². The Morgan fingerprint density at radius 3 is 3.00 bits per heavy atom. The highest BCUT2D eigenvalue weighted by molar-refractivity contribution is 9.10. The molecule has 1 saturated heterocycles. The zero-order chi connectivity index (χ0) is 11.5. The van der Waals surface area contributed by atoms with Gasteiger partial charge in [-0.15, -0.1) is 0 Å². The Morgan fingerprint density at radius 1 is 1.69 bits per heavy atom. The minimum absolute atomic E-state index is 0.122. The molecule has 0 bridgehead atoms. The van der Waals surface area contributed by atoms with Crippen molar-refractivity contribution in [3.8, 4) is 5.75 Å². The van der Waals surface area contributed by atoms with Crippen LogP contribution in [0.5, 0.6) is 5.75 Å². The lowest BCUT2D eigenvalue weighted by Crippen LogP contribution is -2.00. The largest absolute Gasteiger partial charge is 0.422 e. The lowest BCUT2D eigenvalue weighted by molar-refractivity contribution is 0.211. The topological polar surface area (TPSA) is 87.6 Å². The van der Waals surface area contributed by atoms with Gasteiger partial charge >= 0.3 is 6.09 Å². The molecule has 6 nitrogen and oxygen atoms in total.